The largest absolute Gasteiger partial charge is 0.381 e. The Balaban J connectivity index is 2.20. The van der Waals surface area contributed by atoms with Crippen molar-refractivity contribution < 1.29 is 9.66 Å². The summed E-state index contributed by atoms with van der Waals surface area (Å²) in [5.74, 6) is 1.20. The third-order valence-corrected chi connectivity index (χ3v) is 3.46. The van der Waals surface area contributed by atoms with Crippen LogP contribution in [0.3, 0.4) is 0 Å². The number of rotatable bonds is 5. The fourth-order valence-corrected chi connectivity index (χ4v) is 2.36. The van der Waals surface area contributed by atoms with E-state index >= 15 is 0 Å². The zero-order valence-corrected chi connectivity index (χ0v) is 11.8. The number of ether oxygens (including phenoxy) is 1. The number of pyridine rings is 1. The van der Waals surface area contributed by atoms with Crippen molar-refractivity contribution in [2.24, 2.45) is 0 Å². The fraction of sp³-hybridized carbons (Fsp3) is 0.615. The van der Waals surface area contributed by atoms with E-state index in [2.05, 4.69) is 15.2 Å². The van der Waals surface area contributed by atoms with Gasteiger partial charge in [-0.15, -0.1) is 0 Å². The summed E-state index contributed by atoms with van der Waals surface area (Å²) in [7, 11) is 1.72. The first-order chi connectivity index (χ1) is 9.63. The molecule has 7 nitrogen and oxygen atoms in total. The second-order valence-electron chi connectivity index (χ2n) is 4.78. The van der Waals surface area contributed by atoms with E-state index in [-0.39, 0.29) is 16.7 Å². The Morgan fingerprint density at radius 3 is 2.75 bits per heavy atom. The number of hydrogen-bond donors (Lipinski definition) is 1. The van der Waals surface area contributed by atoms with Crippen molar-refractivity contribution in [1.29, 1.82) is 0 Å². The number of hydrogen-bond acceptors (Lipinski definition) is 6. The molecule has 0 amide bonds. The van der Waals surface area contributed by atoms with E-state index in [1.165, 1.54) is 12.1 Å². The van der Waals surface area contributed by atoms with Gasteiger partial charge in [0.25, 0.3) is 5.69 Å². The maximum absolute atomic E-state index is 11.0. The molecule has 7 heteroatoms. The quantitative estimate of drug-likeness (QED) is 0.656. The molecular formula is C13H20N4O3. The molecule has 0 atom stereocenters. The zero-order chi connectivity index (χ0) is 14.5. The molecule has 2 rings (SSSR count). The van der Waals surface area contributed by atoms with Gasteiger partial charge in [-0.05, 0) is 19.8 Å². The van der Waals surface area contributed by atoms with Gasteiger partial charge >= 0.3 is 0 Å². The zero-order valence-electron chi connectivity index (χ0n) is 11.8. The van der Waals surface area contributed by atoms with Gasteiger partial charge in [0.1, 0.15) is 11.6 Å². The van der Waals surface area contributed by atoms with Crippen LogP contribution in [0.15, 0.2) is 12.1 Å². The van der Waals surface area contributed by atoms with Crippen LogP contribution in [-0.4, -0.2) is 42.8 Å². The Morgan fingerprint density at radius 1 is 1.50 bits per heavy atom. The highest BCUT2D eigenvalue weighted by Crippen LogP contribution is 2.26. The molecule has 1 aromatic rings. The maximum atomic E-state index is 11.0. The van der Waals surface area contributed by atoms with Crippen LogP contribution in [0.1, 0.15) is 19.8 Å². The molecule has 1 aliphatic rings. The van der Waals surface area contributed by atoms with Gasteiger partial charge in [-0.3, -0.25) is 10.1 Å². The molecule has 1 aromatic heterocycles. The van der Waals surface area contributed by atoms with Crippen LogP contribution in [0.25, 0.3) is 0 Å². The van der Waals surface area contributed by atoms with Crippen LogP contribution >= 0.6 is 0 Å². The molecule has 1 fully saturated rings. The topological polar surface area (TPSA) is 80.5 Å². The lowest BCUT2D eigenvalue weighted by Gasteiger charge is -2.32. The highest BCUT2D eigenvalue weighted by molar-refractivity contribution is 5.56. The van der Waals surface area contributed by atoms with Crippen molar-refractivity contribution in [2.45, 2.75) is 25.9 Å². The molecule has 0 aromatic carbocycles. The first kappa shape index (κ1) is 14.5. The minimum absolute atomic E-state index is 0.0693. The number of nitrogens with zero attached hydrogens (tertiary/aromatic N) is 3. The van der Waals surface area contributed by atoms with Crippen molar-refractivity contribution in [3.8, 4) is 0 Å². The van der Waals surface area contributed by atoms with Crippen molar-refractivity contribution >= 4 is 17.3 Å². The number of nitrogens with one attached hydrogen (secondary N) is 1. The predicted octanol–water partition coefficient (Wildman–Crippen LogP) is 2.04. The summed E-state index contributed by atoms with van der Waals surface area (Å²) >= 11 is 0. The molecule has 0 bridgehead atoms. The molecule has 0 saturated carbocycles. The van der Waals surface area contributed by atoms with E-state index in [0.717, 1.165) is 25.9 Å². The predicted molar refractivity (Wildman–Crippen MR) is 77.3 cm³/mol. The Hall–Kier alpha value is -1.89. The summed E-state index contributed by atoms with van der Waals surface area (Å²) in [4.78, 5) is 17.1. The first-order valence-electron chi connectivity index (χ1n) is 6.82. The minimum Gasteiger partial charge on any atom is -0.381 e. The molecule has 0 radical (unpaired) electrons. The summed E-state index contributed by atoms with van der Waals surface area (Å²) in [6.07, 6.45) is 2.10. The highest BCUT2D eigenvalue weighted by atomic mass is 16.6. The third-order valence-electron chi connectivity index (χ3n) is 3.46. The Morgan fingerprint density at radius 2 is 2.20 bits per heavy atom. The van der Waals surface area contributed by atoms with Crippen molar-refractivity contribution in [2.75, 3.05) is 37.0 Å². The second-order valence-corrected chi connectivity index (χ2v) is 4.78. The molecule has 2 heterocycles. The van der Waals surface area contributed by atoms with Crippen LogP contribution in [0, 0.1) is 10.1 Å². The van der Waals surface area contributed by atoms with E-state index in [0.29, 0.717) is 18.2 Å². The Bertz CT molecular complexity index is 473. The van der Waals surface area contributed by atoms with E-state index in [1.807, 2.05) is 6.92 Å². The number of nitro groups is 1. The summed E-state index contributed by atoms with van der Waals surface area (Å²) in [5.41, 5.74) is 0.0693. The van der Waals surface area contributed by atoms with Crippen molar-refractivity contribution in [1.82, 2.24) is 4.98 Å². The van der Waals surface area contributed by atoms with Gasteiger partial charge in [0.05, 0.1) is 23.2 Å². The normalized spacial score (nSPS) is 16.2. The third kappa shape index (κ3) is 3.36. The number of methoxy groups -OCH3 is 1. The SMILES string of the molecule is CCNc1cc([N+](=O)[O-])cc(N2CCC(OC)CC2)n1. The standard InChI is InChI=1S/C13H20N4O3/c1-3-14-12-8-10(17(18)19)9-13(15-12)16-6-4-11(20-2)5-7-16/h8-9,11H,3-7H2,1-2H3,(H,14,15). The summed E-state index contributed by atoms with van der Waals surface area (Å²) in [6, 6.07) is 3.00. The van der Waals surface area contributed by atoms with Gasteiger partial charge in [0.2, 0.25) is 0 Å². The molecule has 0 aliphatic carbocycles. The molecule has 0 spiro atoms. The van der Waals surface area contributed by atoms with E-state index in [9.17, 15) is 10.1 Å². The minimum atomic E-state index is -0.381. The fourth-order valence-electron chi connectivity index (χ4n) is 2.36. The molecule has 20 heavy (non-hydrogen) atoms. The molecule has 1 aliphatic heterocycles. The number of aromatic nitrogens is 1. The lowest BCUT2D eigenvalue weighted by atomic mass is 10.1. The van der Waals surface area contributed by atoms with Gasteiger partial charge in [0.15, 0.2) is 0 Å². The lowest BCUT2D eigenvalue weighted by Crippen LogP contribution is -2.37. The average molecular weight is 280 g/mol. The van der Waals surface area contributed by atoms with Crippen molar-refractivity contribution in [3.05, 3.63) is 22.2 Å². The number of piperidine rings is 1. The Kier molecular flexibility index (Phi) is 4.73. The molecule has 1 N–H and O–H groups in total. The van der Waals surface area contributed by atoms with Crippen LogP contribution in [0.4, 0.5) is 17.3 Å². The number of anilines is 2. The summed E-state index contributed by atoms with van der Waals surface area (Å²) in [6.45, 7) is 4.22. The van der Waals surface area contributed by atoms with E-state index in [1.54, 1.807) is 7.11 Å². The van der Waals surface area contributed by atoms with Crippen molar-refractivity contribution in [3.63, 3.8) is 0 Å². The summed E-state index contributed by atoms with van der Waals surface area (Å²) in [5, 5.41) is 14.0. The lowest BCUT2D eigenvalue weighted by molar-refractivity contribution is -0.384. The van der Waals surface area contributed by atoms with E-state index < -0.39 is 0 Å². The van der Waals surface area contributed by atoms with Crippen LogP contribution in [-0.2, 0) is 4.74 Å². The molecule has 110 valence electrons. The monoisotopic (exact) mass is 280 g/mol. The average Bonchev–Trinajstić information content (AvgIpc) is 2.47. The summed E-state index contributed by atoms with van der Waals surface area (Å²) < 4.78 is 5.33. The van der Waals surface area contributed by atoms with Gasteiger partial charge in [-0.25, -0.2) is 4.98 Å². The van der Waals surface area contributed by atoms with Gasteiger partial charge in [-0.1, -0.05) is 0 Å². The first-order valence-corrected chi connectivity index (χ1v) is 6.82. The second kappa shape index (κ2) is 6.51. The Labute approximate surface area is 118 Å². The van der Waals surface area contributed by atoms with Crippen LogP contribution < -0.4 is 10.2 Å². The van der Waals surface area contributed by atoms with E-state index in [4.69, 9.17) is 4.74 Å². The van der Waals surface area contributed by atoms with Gasteiger partial charge < -0.3 is 15.0 Å². The van der Waals surface area contributed by atoms with Crippen LogP contribution in [0.2, 0.25) is 0 Å². The van der Waals surface area contributed by atoms with Gasteiger partial charge in [0, 0.05) is 26.7 Å². The molecule has 1 saturated heterocycles. The smallest absolute Gasteiger partial charge is 0.276 e. The molecular weight excluding hydrogens is 260 g/mol. The highest BCUT2D eigenvalue weighted by Gasteiger charge is 2.22. The maximum Gasteiger partial charge on any atom is 0.276 e. The molecule has 0 unspecified atom stereocenters. The van der Waals surface area contributed by atoms with Crippen LogP contribution in [0.5, 0.6) is 0 Å². The van der Waals surface area contributed by atoms with Gasteiger partial charge in [-0.2, -0.15) is 0 Å².